The van der Waals surface area contributed by atoms with Gasteiger partial charge in [0.25, 0.3) is 0 Å². The van der Waals surface area contributed by atoms with Crippen molar-refractivity contribution in [2.75, 3.05) is 14.2 Å². The van der Waals surface area contributed by atoms with Gasteiger partial charge in [0.1, 0.15) is 6.61 Å². The van der Waals surface area contributed by atoms with Crippen LogP contribution in [0.15, 0.2) is 24.3 Å². The molecule has 1 aliphatic carbocycles. The van der Waals surface area contributed by atoms with Crippen LogP contribution >= 0.6 is 0 Å². The maximum atomic E-state index is 11.1. The van der Waals surface area contributed by atoms with Crippen molar-refractivity contribution in [1.29, 1.82) is 0 Å². The zero-order chi connectivity index (χ0) is 18.9. The van der Waals surface area contributed by atoms with Gasteiger partial charge in [-0.3, -0.25) is 0 Å². The zero-order valence-electron chi connectivity index (χ0n) is 15.8. The summed E-state index contributed by atoms with van der Waals surface area (Å²) in [4.78, 5) is 23.1. The smallest absolute Gasteiger partial charge is 0.438 e. The van der Waals surface area contributed by atoms with Crippen molar-refractivity contribution in [3.63, 3.8) is 0 Å². The van der Waals surface area contributed by atoms with E-state index in [2.05, 4.69) is 4.74 Å². The van der Waals surface area contributed by atoms with E-state index in [-0.39, 0.29) is 6.61 Å². The average Bonchev–Trinajstić information content (AvgIpc) is 2.98. The fourth-order valence-electron chi connectivity index (χ4n) is 4.55. The van der Waals surface area contributed by atoms with E-state index in [1.54, 1.807) is 7.11 Å². The molecule has 2 bridgehead atoms. The first kappa shape index (κ1) is 18.7. The lowest BCUT2D eigenvalue weighted by Crippen LogP contribution is -2.59. The van der Waals surface area contributed by atoms with Crippen LogP contribution in [0.3, 0.4) is 0 Å². The molecule has 1 unspecified atom stereocenters. The van der Waals surface area contributed by atoms with E-state index in [0.29, 0.717) is 12.3 Å². The van der Waals surface area contributed by atoms with Crippen LogP contribution < -0.4 is 0 Å². The molecule has 5 rings (SSSR count). The molecule has 3 aliphatic heterocycles. The number of ether oxygens (including phenoxy) is 4. The van der Waals surface area contributed by atoms with Gasteiger partial charge in [-0.25, -0.2) is 9.68 Å². The van der Waals surface area contributed by atoms with Crippen LogP contribution in [0.4, 0.5) is 4.79 Å². The molecule has 3 saturated heterocycles. The molecule has 4 fully saturated rings. The highest BCUT2D eigenvalue weighted by Crippen LogP contribution is 2.55. The fourth-order valence-corrected chi connectivity index (χ4v) is 4.55. The van der Waals surface area contributed by atoms with Gasteiger partial charge in [-0.1, -0.05) is 37.1 Å². The van der Waals surface area contributed by atoms with Crippen LogP contribution in [0.1, 0.15) is 49.7 Å². The SMILES string of the molecule is COC(=O)OCc1ccc([C@]23CC[C@H]4CCCC[C@@]4(OO2)C(OC)O3)cc1. The van der Waals surface area contributed by atoms with Gasteiger partial charge in [-0.15, -0.1) is 0 Å². The highest BCUT2D eigenvalue weighted by Gasteiger charge is 2.61. The van der Waals surface area contributed by atoms with Crippen LogP contribution in [0.2, 0.25) is 0 Å². The molecule has 1 aromatic rings. The van der Waals surface area contributed by atoms with Gasteiger partial charge in [-0.2, -0.15) is 4.89 Å². The molecule has 4 atom stereocenters. The molecular formula is C20H26O7. The van der Waals surface area contributed by atoms with Gasteiger partial charge in [-0.05, 0) is 30.7 Å². The Morgan fingerprint density at radius 2 is 1.93 bits per heavy atom. The van der Waals surface area contributed by atoms with Crippen molar-refractivity contribution in [3.05, 3.63) is 35.4 Å². The lowest BCUT2D eigenvalue weighted by atomic mass is 9.73. The second-order valence-electron chi connectivity index (χ2n) is 7.48. The zero-order valence-corrected chi connectivity index (χ0v) is 15.8. The number of rotatable bonds is 4. The van der Waals surface area contributed by atoms with E-state index in [1.165, 1.54) is 13.5 Å². The summed E-state index contributed by atoms with van der Waals surface area (Å²) in [7, 11) is 2.95. The van der Waals surface area contributed by atoms with Crippen LogP contribution in [-0.2, 0) is 41.1 Å². The first-order valence-electron chi connectivity index (χ1n) is 9.49. The summed E-state index contributed by atoms with van der Waals surface area (Å²) >= 11 is 0. The predicted octanol–water partition coefficient (Wildman–Crippen LogP) is 3.80. The number of carbonyl (C=O) groups is 1. The topological polar surface area (TPSA) is 72.5 Å². The minimum Gasteiger partial charge on any atom is -0.438 e. The van der Waals surface area contributed by atoms with Crippen LogP contribution in [0.25, 0.3) is 0 Å². The van der Waals surface area contributed by atoms with E-state index in [9.17, 15) is 4.79 Å². The quantitative estimate of drug-likeness (QED) is 0.583. The van der Waals surface area contributed by atoms with Crippen LogP contribution in [0, 0.1) is 5.92 Å². The Morgan fingerprint density at radius 3 is 2.67 bits per heavy atom. The summed E-state index contributed by atoms with van der Waals surface area (Å²) in [5, 5.41) is 0. The highest BCUT2D eigenvalue weighted by molar-refractivity contribution is 5.59. The first-order valence-corrected chi connectivity index (χ1v) is 9.49. The number of carbonyl (C=O) groups excluding carboxylic acids is 1. The molecule has 0 aromatic heterocycles. The normalized spacial score (nSPS) is 35.2. The van der Waals surface area contributed by atoms with Gasteiger partial charge in [0.15, 0.2) is 11.9 Å². The lowest BCUT2D eigenvalue weighted by Gasteiger charge is -2.49. The first-order chi connectivity index (χ1) is 13.1. The van der Waals surface area contributed by atoms with E-state index >= 15 is 0 Å². The minimum atomic E-state index is -0.981. The highest BCUT2D eigenvalue weighted by atomic mass is 17.3. The number of benzene rings is 1. The van der Waals surface area contributed by atoms with Crippen molar-refractivity contribution in [2.24, 2.45) is 5.92 Å². The summed E-state index contributed by atoms with van der Waals surface area (Å²) in [5.74, 6) is -0.612. The summed E-state index contributed by atoms with van der Waals surface area (Å²) in [6.07, 6.45) is 4.79. The van der Waals surface area contributed by atoms with Gasteiger partial charge in [0, 0.05) is 19.1 Å². The van der Waals surface area contributed by atoms with Crippen LogP contribution in [0.5, 0.6) is 0 Å². The second-order valence-corrected chi connectivity index (χ2v) is 7.48. The largest absolute Gasteiger partial charge is 0.508 e. The van der Waals surface area contributed by atoms with E-state index in [0.717, 1.165) is 36.8 Å². The monoisotopic (exact) mass is 378 g/mol. The number of hydrogen-bond donors (Lipinski definition) is 0. The fraction of sp³-hybridized carbons (Fsp3) is 0.650. The summed E-state index contributed by atoms with van der Waals surface area (Å²) in [5.41, 5.74) is 1.19. The molecule has 27 heavy (non-hydrogen) atoms. The van der Waals surface area contributed by atoms with E-state index in [4.69, 9.17) is 24.0 Å². The van der Waals surface area contributed by atoms with Crippen molar-refractivity contribution >= 4 is 6.16 Å². The van der Waals surface area contributed by atoms with Crippen molar-refractivity contribution in [1.82, 2.24) is 0 Å². The van der Waals surface area contributed by atoms with Gasteiger partial charge >= 0.3 is 6.16 Å². The maximum Gasteiger partial charge on any atom is 0.508 e. The van der Waals surface area contributed by atoms with E-state index < -0.39 is 23.8 Å². The Balaban J connectivity index is 1.55. The van der Waals surface area contributed by atoms with E-state index in [1.807, 2.05) is 24.3 Å². The number of fused-ring (bicyclic) bond motifs is 3. The molecule has 1 spiro atoms. The third kappa shape index (κ3) is 3.23. The molecule has 7 heteroatoms. The van der Waals surface area contributed by atoms with Crippen molar-refractivity contribution in [2.45, 2.75) is 62.8 Å². The second kappa shape index (κ2) is 7.39. The summed E-state index contributed by atoms with van der Waals surface area (Å²) in [6, 6.07) is 7.59. The molecule has 148 valence electrons. The Morgan fingerprint density at radius 1 is 1.11 bits per heavy atom. The Hall–Kier alpha value is -1.67. The molecule has 1 aromatic carbocycles. The number of hydrogen-bond acceptors (Lipinski definition) is 7. The minimum absolute atomic E-state index is 0.143. The van der Waals surface area contributed by atoms with Crippen molar-refractivity contribution < 1.29 is 33.5 Å². The third-order valence-electron chi connectivity index (χ3n) is 6.04. The summed E-state index contributed by atoms with van der Waals surface area (Å²) in [6.45, 7) is 0.143. The Bertz CT molecular complexity index is 671. The lowest BCUT2D eigenvalue weighted by molar-refractivity contribution is -0.558. The van der Waals surface area contributed by atoms with Crippen LogP contribution in [-0.4, -0.2) is 32.3 Å². The Labute approximate surface area is 158 Å². The summed E-state index contributed by atoms with van der Waals surface area (Å²) < 4.78 is 21.5. The Kier molecular flexibility index (Phi) is 5.11. The van der Waals surface area contributed by atoms with Gasteiger partial charge < -0.3 is 18.9 Å². The maximum absolute atomic E-state index is 11.1. The molecular weight excluding hydrogens is 352 g/mol. The predicted molar refractivity (Wildman–Crippen MR) is 93.3 cm³/mol. The average molecular weight is 378 g/mol. The number of methoxy groups -OCH3 is 2. The molecule has 0 amide bonds. The molecule has 0 radical (unpaired) electrons. The standard InChI is InChI=1S/C20H26O7/c1-22-17-19-11-4-3-5-15(19)10-12-20(25-17,27-26-19)16-8-6-14(7-9-16)13-24-18(21)23-2/h6-9,15,17H,3-5,10-13H2,1-2H3/t15-,17?,19+,20+/m1/s1. The molecule has 7 nitrogen and oxygen atoms in total. The van der Waals surface area contributed by atoms with Crippen molar-refractivity contribution in [3.8, 4) is 0 Å². The molecule has 0 N–H and O–H groups in total. The third-order valence-corrected chi connectivity index (χ3v) is 6.04. The molecule has 3 heterocycles. The molecule has 1 saturated carbocycles. The van der Waals surface area contributed by atoms with Gasteiger partial charge in [0.2, 0.25) is 5.79 Å². The molecule has 4 aliphatic rings. The van der Waals surface area contributed by atoms with Gasteiger partial charge in [0.05, 0.1) is 7.11 Å².